The Bertz CT molecular complexity index is 985. The van der Waals surface area contributed by atoms with Crippen molar-refractivity contribution in [3.05, 3.63) is 84.0 Å². The predicted molar refractivity (Wildman–Crippen MR) is 99.8 cm³/mol. The van der Waals surface area contributed by atoms with Crippen LogP contribution in [0.15, 0.2) is 79.0 Å². The van der Waals surface area contributed by atoms with E-state index in [0.717, 1.165) is 27.5 Å². The number of methoxy groups -OCH3 is 1. The van der Waals surface area contributed by atoms with Gasteiger partial charge < -0.3 is 9.14 Å². The van der Waals surface area contributed by atoms with Crippen LogP contribution >= 0.6 is 11.6 Å². The van der Waals surface area contributed by atoms with Gasteiger partial charge in [-0.2, -0.15) is 0 Å². The molecule has 0 saturated heterocycles. The maximum absolute atomic E-state index is 6.01. The third-order valence-electron chi connectivity index (χ3n) is 4.19. The van der Waals surface area contributed by atoms with E-state index in [4.69, 9.17) is 16.3 Å². The zero-order valence-corrected chi connectivity index (χ0v) is 14.0. The quantitative estimate of drug-likeness (QED) is 0.452. The maximum Gasteiger partial charge on any atom is 0.118 e. The van der Waals surface area contributed by atoms with Gasteiger partial charge in [0.1, 0.15) is 5.75 Å². The number of ether oxygens (including phenoxy) is 1. The number of fused-ring (bicyclic) bond motifs is 1. The van der Waals surface area contributed by atoms with Crippen LogP contribution in [-0.2, 0) is 0 Å². The fourth-order valence-electron chi connectivity index (χ4n) is 2.93. The van der Waals surface area contributed by atoms with E-state index in [-0.39, 0.29) is 0 Å². The molecule has 2 aromatic carbocycles. The molecule has 2 heterocycles. The summed E-state index contributed by atoms with van der Waals surface area (Å²) in [5, 5.41) is 0.748. The molecule has 0 aliphatic carbocycles. The summed E-state index contributed by atoms with van der Waals surface area (Å²) in [7, 11) is 1.68. The summed E-state index contributed by atoms with van der Waals surface area (Å²) >= 11 is 6.01. The van der Waals surface area contributed by atoms with Crippen LogP contribution in [0.4, 0.5) is 0 Å². The second-order valence-corrected chi connectivity index (χ2v) is 6.11. The molecule has 0 amide bonds. The largest absolute Gasteiger partial charge is 0.497 e. The number of pyridine rings is 1. The average Bonchev–Trinajstić information content (AvgIpc) is 3.07. The van der Waals surface area contributed by atoms with Gasteiger partial charge in [0.2, 0.25) is 0 Å². The summed E-state index contributed by atoms with van der Waals surface area (Å²) in [6.07, 6.45) is 2.17. The SMILES string of the molecule is COc1ccc(-c2cc3cccc(-c4ccc(Cl)cc4)n3c2)cc1. The minimum absolute atomic E-state index is 0.748. The van der Waals surface area contributed by atoms with Crippen LogP contribution in [0, 0.1) is 0 Å². The summed E-state index contributed by atoms with van der Waals surface area (Å²) in [4.78, 5) is 0. The smallest absolute Gasteiger partial charge is 0.118 e. The van der Waals surface area contributed by atoms with Gasteiger partial charge in [-0.1, -0.05) is 41.9 Å². The van der Waals surface area contributed by atoms with E-state index in [2.05, 4.69) is 47.0 Å². The van der Waals surface area contributed by atoms with E-state index in [0.29, 0.717) is 0 Å². The van der Waals surface area contributed by atoms with Gasteiger partial charge in [-0.15, -0.1) is 0 Å². The van der Waals surface area contributed by atoms with Crippen molar-refractivity contribution < 1.29 is 4.74 Å². The lowest BCUT2D eigenvalue weighted by Gasteiger charge is -2.06. The molecule has 0 atom stereocenters. The third-order valence-corrected chi connectivity index (χ3v) is 4.45. The number of aromatic nitrogens is 1. The first kappa shape index (κ1) is 14.9. The number of benzene rings is 2. The summed E-state index contributed by atoms with van der Waals surface area (Å²) in [6.45, 7) is 0. The van der Waals surface area contributed by atoms with Crippen molar-refractivity contribution in [3.63, 3.8) is 0 Å². The first-order valence-electron chi connectivity index (χ1n) is 7.76. The summed E-state index contributed by atoms with van der Waals surface area (Å²) in [6, 6.07) is 24.6. The molecule has 0 aliphatic heterocycles. The molecule has 118 valence electrons. The number of hydrogen-bond acceptors (Lipinski definition) is 1. The van der Waals surface area contributed by atoms with Crippen molar-refractivity contribution in [2.75, 3.05) is 7.11 Å². The van der Waals surface area contributed by atoms with E-state index in [1.165, 1.54) is 11.1 Å². The highest BCUT2D eigenvalue weighted by atomic mass is 35.5. The molecule has 2 nitrogen and oxygen atoms in total. The fourth-order valence-corrected chi connectivity index (χ4v) is 3.06. The highest BCUT2D eigenvalue weighted by Crippen LogP contribution is 2.29. The Hall–Kier alpha value is -2.71. The average molecular weight is 334 g/mol. The summed E-state index contributed by atoms with van der Waals surface area (Å²) < 4.78 is 7.45. The van der Waals surface area contributed by atoms with Crippen LogP contribution in [-0.4, -0.2) is 11.5 Å². The normalized spacial score (nSPS) is 10.9. The molecular formula is C21H16ClNO. The van der Waals surface area contributed by atoms with Crippen LogP contribution in [0.2, 0.25) is 5.02 Å². The van der Waals surface area contributed by atoms with Crippen molar-refractivity contribution in [1.29, 1.82) is 0 Å². The first-order valence-corrected chi connectivity index (χ1v) is 8.14. The molecule has 2 aromatic heterocycles. The van der Waals surface area contributed by atoms with Crippen LogP contribution in [0.5, 0.6) is 5.75 Å². The molecule has 0 spiro atoms. The molecule has 4 rings (SSSR count). The van der Waals surface area contributed by atoms with Crippen molar-refractivity contribution in [2.24, 2.45) is 0 Å². The van der Waals surface area contributed by atoms with E-state index >= 15 is 0 Å². The first-order chi connectivity index (χ1) is 11.7. The number of rotatable bonds is 3. The van der Waals surface area contributed by atoms with Crippen LogP contribution in [0.3, 0.4) is 0 Å². The monoisotopic (exact) mass is 333 g/mol. The second-order valence-electron chi connectivity index (χ2n) is 5.67. The van der Waals surface area contributed by atoms with E-state index in [1.54, 1.807) is 7.11 Å². The second kappa shape index (κ2) is 6.06. The third kappa shape index (κ3) is 2.66. The molecular weight excluding hydrogens is 318 g/mol. The zero-order valence-electron chi connectivity index (χ0n) is 13.2. The summed E-state index contributed by atoms with van der Waals surface area (Å²) in [5.41, 5.74) is 5.79. The number of halogens is 1. The van der Waals surface area contributed by atoms with Crippen LogP contribution in [0.1, 0.15) is 0 Å². The van der Waals surface area contributed by atoms with Gasteiger partial charge in [-0.3, -0.25) is 0 Å². The Morgan fingerprint density at radius 1 is 0.792 bits per heavy atom. The molecule has 0 radical (unpaired) electrons. The number of hydrogen-bond donors (Lipinski definition) is 0. The highest BCUT2D eigenvalue weighted by molar-refractivity contribution is 6.30. The lowest BCUT2D eigenvalue weighted by molar-refractivity contribution is 0.415. The lowest BCUT2D eigenvalue weighted by atomic mass is 10.1. The Labute approximate surface area is 145 Å². The summed E-state index contributed by atoms with van der Waals surface area (Å²) in [5.74, 6) is 0.865. The zero-order chi connectivity index (χ0) is 16.5. The molecule has 3 heteroatoms. The molecule has 24 heavy (non-hydrogen) atoms. The lowest BCUT2D eigenvalue weighted by Crippen LogP contribution is -1.89. The molecule has 0 bridgehead atoms. The maximum atomic E-state index is 6.01. The van der Waals surface area contributed by atoms with E-state index in [9.17, 15) is 0 Å². The van der Waals surface area contributed by atoms with Crippen molar-refractivity contribution in [1.82, 2.24) is 4.40 Å². The van der Waals surface area contributed by atoms with Crippen molar-refractivity contribution in [2.45, 2.75) is 0 Å². The standard InChI is InChI=1S/C21H16ClNO/c1-24-20-11-7-15(8-12-20)17-13-19-3-2-4-21(23(19)14-17)16-5-9-18(22)10-6-16/h2-14H,1H3. The molecule has 0 aliphatic rings. The van der Waals surface area contributed by atoms with Crippen molar-refractivity contribution >= 4 is 17.1 Å². The molecule has 0 unspecified atom stereocenters. The van der Waals surface area contributed by atoms with Crippen LogP contribution < -0.4 is 4.74 Å². The van der Waals surface area contributed by atoms with Gasteiger partial charge in [-0.25, -0.2) is 0 Å². The molecule has 4 aromatic rings. The molecule has 0 fully saturated rings. The van der Waals surface area contributed by atoms with E-state index in [1.807, 2.05) is 36.4 Å². The van der Waals surface area contributed by atoms with Gasteiger partial charge >= 0.3 is 0 Å². The van der Waals surface area contributed by atoms with Crippen LogP contribution in [0.25, 0.3) is 27.9 Å². The Balaban J connectivity index is 1.83. The van der Waals surface area contributed by atoms with Gasteiger partial charge in [0, 0.05) is 22.3 Å². The van der Waals surface area contributed by atoms with E-state index < -0.39 is 0 Å². The Kier molecular flexibility index (Phi) is 3.75. The van der Waals surface area contributed by atoms with Crippen molar-refractivity contribution in [3.8, 4) is 28.1 Å². The van der Waals surface area contributed by atoms with Gasteiger partial charge in [0.25, 0.3) is 0 Å². The Morgan fingerprint density at radius 3 is 2.21 bits per heavy atom. The predicted octanol–water partition coefficient (Wildman–Crippen LogP) is 5.94. The van der Waals surface area contributed by atoms with Gasteiger partial charge in [0.15, 0.2) is 0 Å². The Morgan fingerprint density at radius 2 is 1.50 bits per heavy atom. The number of nitrogens with zero attached hydrogens (tertiary/aromatic N) is 1. The minimum atomic E-state index is 0.748. The minimum Gasteiger partial charge on any atom is -0.497 e. The highest BCUT2D eigenvalue weighted by Gasteiger charge is 2.07. The van der Waals surface area contributed by atoms with Gasteiger partial charge in [0.05, 0.1) is 12.8 Å². The topological polar surface area (TPSA) is 13.6 Å². The fraction of sp³-hybridized carbons (Fsp3) is 0.0476. The van der Waals surface area contributed by atoms with Gasteiger partial charge in [-0.05, 0) is 53.6 Å². The molecule has 0 saturated carbocycles. The molecule has 0 N–H and O–H groups in total.